The van der Waals surface area contributed by atoms with Gasteiger partial charge in [0.05, 0.1) is 6.20 Å². The monoisotopic (exact) mass is 552 g/mol. The number of aliphatic hydroxyl groups excluding tert-OH is 1. The van der Waals surface area contributed by atoms with Crippen molar-refractivity contribution in [2.24, 2.45) is 0 Å². The van der Waals surface area contributed by atoms with Gasteiger partial charge in [0.15, 0.2) is 5.65 Å². The fourth-order valence-corrected chi connectivity index (χ4v) is 5.03. The molecule has 1 aliphatic heterocycles. The van der Waals surface area contributed by atoms with Gasteiger partial charge in [-0.3, -0.25) is 4.79 Å². The zero-order valence-corrected chi connectivity index (χ0v) is 23.3. The van der Waals surface area contributed by atoms with E-state index in [1.165, 1.54) is 0 Å². The molecular formula is C31H36N8O2. The van der Waals surface area contributed by atoms with Crippen molar-refractivity contribution in [3.63, 3.8) is 0 Å². The molecule has 0 saturated carbocycles. The highest BCUT2D eigenvalue weighted by molar-refractivity contribution is 6.04. The van der Waals surface area contributed by atoms with E-state index in [-0.39, 0.29) is 18.6 Å². The largest absolute Gasteiger partial charge is 0.396 e. The number of amides is 1. The molecule has 4 N–H and O–H groups in total. The van der Waals surface area contributed by atoms with Crippen LogP contribution in [-0.2, 0) is 6.42 Å². The Kier molecular flexibility index (Phi) is 8.59. The molecule has 2 aromatic carbocycles. The molecule has 5 rings (SSSR count). The summed E-state index contributed by atoms with van der Waals surface area (Å²) >= 11 is 0. The third-order valence-electron chi connectivity index (χ3n) is 7.23. The van der Waals surface area contributed by atoms with Crippen molar-refractivity contribution in [1.82, 2.24) is 19.6 Å². The van der Waals surface area contributed by atoms with Gasteiger partial charge in [-0.2, -0.15) is 19.6 Å². The van der Waals surface area contributed by atoms with Gasteiger partial charge in [0.1, 0.15) is 0 Å². The number of hydrogen-bond donors (Lipinski definition) is 4. The molecule has 10 nitrogen and oxygen atoms in total. The maximum atomic E-state index is 12.9. The summed E-state index contributed by atoms with van der Waals surface area (Å²) in [6.07, 6.45) is 8.12. The molecule has 0 radical (unpaired) electrons. The van der Waals surface area contributed by atoms with E-state index in [4.69, 9.17) is 9.97 Å². The average molecular weight is 553 g/mol. The number of piperidine rings is 1. The second-order valence-electron chi connectivity index (χ2n) is 10.1. The van der Waals surface area contributed by atoms with Gasteiger partial charge in [-0.25, -0.2) is 0 Å². The van der Waals surface area contributed by atoms with Crippen LogP contribution in [0, 0.1) is 0 Å². The maximum absolute atomic E-state index is 12.9. The molecule has 2 aromatic heterocycles. The highest BCUT2D eigenvalue weighted by Crippen LogP contribution is 2.28. The molecule has 10 heteroatoms. The smallest absolute Gasteiger partial charge is 0.255 e. The van der Waals surface area contributed by atoms with Crippen molar-refractivity contribution in [3.05, 3.63) is 90.8 Å². The Morgan fingerprint density at radius 1 is 1.10 bits per heavy atom. The zero-order chi connectivity index (χ0) is 28.8. The molecule has 1 amide bonds. The number of nitrogens with zero attached hydrogens (tertiary/aromatic N) is 5. The molecule has 0 aliphatic carbocycles. The molecule has 212 valence electrons. The Morgan fingerprint density at radius 2 is 1.90 bits per heavy atom. The Morgan fingerprint density at radius 3 is 2.66 bits per heavy atom. The van der Waals surface area contributed by atoms with Gasteiger partial charge in [-0.15, -0.1) is 0 Å². The lowest BCUT2D eigenvalue weighted by molar-refractivity contribution is 0.102. The van der Waals surface area contributed by atoms with Crippen LogP contribution >= 0.6 is 0 Å². The van der Waals surface area contributed by atoms with Gasteiger partial charge >= 0.3 is 0 Å². The van der Waals surface area contributed by atoms with Crippen LogP contribution in [0.5, 0.6) is 0 Å². The number of carbonyl (C=O) groups is 1. The molecule has 1 saturated heterocycles. The van der Waals surface area contributed by atoms with Crippen LogP contribution in [0.25, 0.3) is 5.65 Å². The number of benzene rings is 2. The number of carbonyl (C=O) groups excluding carboxylic acids is 1. The number of aromatic nitrogens is 4. The Balaban J connectivity index is 1.38. The number of rotatable bonds is 11. The average Bonchev–Trinajstić information content (AvgIpc) is 3.41. The zero-order valence-electron chi connectivity index (χ0n) is 23.3. The maximum Gasteiger partial charge on any atom is 0.255 e. The minimum Gasteiger partial charge on any atom is -0.396 e. The lowest BCUT2D eigenvalue weighted by atomic mass is 10.0. The summed E-state index contributed by atoms with van der Waals surface area (Å²) in [4.78, 5) is 24.9. The van der Waals surface area contributed by atoms with Crippen LogP contribution < -0.4 is 20.9 Å². The molecule has 1 fully saturated rings. The van der Waals surface area contributed by atoms with Crippen LogP contribution in [0.1, 0.15) is 48.5 Å². The summed E-state index contributed by atoms with van der Waals surface area (Å²) < 4.78 is 1.72. The van der Waals surface area contributed by atoms with E-state index in [1.807, 2.05) is 42.6 Å². The summed E-state index contributed by atoms with van der Waals surface area (Å²) in [7, 11) is 0. The Bertz CT molecular complexity index is 1540. The van der Waals surface area contributed by atoms with E-state index in [1.54, 1.807) is 22.7 Å². The summed E-state index contributed by atoms with van der Waals surface area (Å²) in [6, 6.07) is 14.8. The summed E-state index contributed by atoms with van der Waals surface area (Å²) in [6.45, 7) is 10.6. The third kappa shape index (κ3) is 6.38. The van der Waals surface area contributed by atoms with Crippen molar-refractivity contribution in [2.75, 3.05) is 34.0 Å². The quantitative estimate of drug-likeness (QED) is 0.179. The van der Waals surface area contributed by atoms with E-state index in [2.05, 4.69) is 46.0 Å². The number of aliphatic hydroxyl groups is 1. The van der Waals surface area contributed by atoms with Crippen LogP contribution in [0.2, 0.25) is 0 Å². The van der Waals surface area contributed by atoms with E-state index >= 15 is 0 Å². The molecule has 0 spiro atoms. The third-order valence-corrected chi connectivity index (χ3v) is 7.23. The number of aryl methyl sites for hydroxylation is 1. The summed E-state index contributed by atoms with van der Waals surface area (Å²) in [5.74, 6) is 0.945. The first-order valence-electron chi connectivity index (χ1n) is 14.0. The SMILES string of the molecule is C=CC(=C)Nc1ccc(C(=O)Nc2cccc(Nc3nc(N4CCCCC4CCO)nc4c(CC)cnn34)c2)cc1. The Hall–Kier alpha value is -4.70. The first-order valence-corrected chi connectivity index (χ1v) is 14.0. The number of allylic oxidation sites excluding steroid dienone is 1. The fourth-order valence-electron chi connectivity index (χ4n) is 5.03. The van der Waals surface area contributed by atoms with E-state index < -0.39 is 0 Å². The van der Waals surface area contributed by atoms with E-state index in [9.17, 15) is 9.90 Å². The van der Waals surface area contributed by atoms with Crippen LogP contribution in [0.4, 0.5) is 29.0 Å². The van der Waals surface area contributed by atoms with Crippen molar-refractivity contribution in [1.29, 1.82) is 0 Å². The van der Waals surface area contributed by atoms with Crippen molar-refractivity contribution in [2.45, 2.75) is 45.1 Å². The van der Waals surface area contributed by atoms with Gasteiger partial charge in [0.2, 0.25) is 11.9 Å². The second kappa shape index (κ2) is 12.6. The Labute approximate surface area is 239 Å². The van der Waals surface area contributed by atoms with Crippen LogP contribution in [0.15, 0.2) is 79.7 Å². The predicted molar refractivity (Wildman–Crippen MR) is 164 cm³/mol. The predicted octanol–water partition coefficient (Wildman–Crippen LogP) is 5.54. The lowest BCUT2D eigenvalue weighted by Crippen LogP contribution is -2.41. The minimum absolute atomic E-state index is 0.131. The van der Waals surface area contributed by atoms with Gasteiger partial charge < -0.3 is 26.0 Å². The van der Waals surface area contributed by atoms with Gasteiger partial charge in [-0.05, 0) is 80.6 Å². The molecule has 41 heavy (non-hydrogen) atoms. The minimum atomic E-state index is -0.220. The topological polar surface area (TPSA) is 120 Å². The first kappa shape index (κ1) is 27.9. The van der Waals surface area contributed by atoms with Crippen molar-refractivity contribution in [3.8, 4) is 0 Å². The highest BCUT2D eigenvalue weighted by Gasteiger charge is 2.26. The summed E-state index contributed by atoms with van der Waals surface area (Å²) in [5, 5.41) is 23.7. The number of anilines is 5. The number of hydrogen-bond acceptors (Lipinski definition) is 8. The summed E-state index contributed by atoms with van der Waals surface area (Å²) in [5.41, 5.74) is 5.21. The van der Waals surface area contributed by atoms with Gasteiger partial charge in [0.25, 0.3) is 5.91 Å². The molecule has 1 atom stereocenters. The molecule has 3 heterocycles. The molecule has 0 bridgehead atoms. The first-order chi connectivity index (χ1) is 20.0. The van der Waals surface area contributed by atoms with E-state index in [0.29, 0.717) is 35.3 Å². The lowest BCUT2D eigenvalue weighted by Gasteiger charge is -2.35. The molecule has 1 aliphatic rings. The highest BCUT2D eigenvalue weighted by atomic mass is 16.3. The normalized spacial score (nSPS) is 15.0. The van der Waals surface area contributed by atoms with Crippen LogP contribution in [-0.4, -0.2) is 49.8 Å². The fraction of sp³-hybridized carbons (Fsp3) is 0.290. The molecular weight excluding hydrogens is 516 g/mol. The standard InChI is InChI=1S/C31H36N8O2/c1-4-21(3)33-24-14-12-23(13-15-24)29(41)34-25-9-8-10-26(19-25)35-31-37-30(36-28-22(5-2)20-32-39(28)31)38-17-7-6-11-27(38)16-18-40/h4,8-10,12-15,19-20,27,33,40H,1,3,5-7,11,16-18H2,2H3,(H,34,41)(H,35,36,37). The number of fused-ring (bicyclic) bond motifs is 1. The second-order valence-corrected chi connectivity index (χ2v) is 10.1. The van der Waals surface area contributed by atoms with Crippen molar-refractivity contribution >= 4 is 40.5 Å². The van der Waals surface area contributed by atoms with Gasteiger partial charge in [0, 0.05) is 53.1 Å². The van der Waals surface area contributed by atoms with Crippen LogP contribution in [0.3, 0.4) is 0 Å². The van der Waals surface area contributed by atoms with Gasteiger partial charge in [-0.1, -0.05) is 26.1 Å². The number of nitrogens with one attached hydrogen (secondary N) is 3. The van der Waals surface area contributed by atoms with Crippen molar-refractivity contribution < 1.29 is 9.90 Å². The molecule has 4 aromatic rings. The van der Waals surface area contributed by atoms with E-state index in [0.717, 1.165) is 54.8 Å². The molecule has 1 unspecified atom stereocenters.